The number of aromatic amines is 1. The minimum atomic E-state index is -3.05. The number of hydrogen-bond donors (Lipinski definition) is 2. The number of aromatic nitrogens is 2. The lowest BCUT2D eigenvalue weighted by Crippen LogP contribution is -2.18. The Bertz CT molecular complexity index is 926. The number of anilines is 1. The summed E-state index contributed by atoms with van der Waals surface area (Å²) < 4.78 is 28.1. The molecule has 1 aromatic heterocycles. The Kier molecular flexibility index (Phi) is 3.31. The number of imidazole rings is 1. The number of nitrogens with zero attached hydrogens (tertiary/aromatic N) is 1. The average molecular weight is 348 g/mol. The molecule has 0 bridgehead atoms. The fraction of sp³-hybridized carbons (Fsp3) is 0.176. The first-order valence-electron chi connectivity index (χ1n) is 7.36. The van der Waals surface area contributed by atoms with Gasteiger partial charge >= 0.3 is 0 Å². The Hall–Kier alpha value is -2.47. The van der Waals surface area contributed by atoms with Crippen molar-refractivity contribution in [2.75, 3.05) is 5.32 Å². The van der Waals surface area contributed by atoms with Crippen molar-refractivity contribution in [3.8, 4) is 0 Å². The molecule has 24 heavy (non-hydrogen) atoms. The van der Waals surface area contributed by atoms with Crippen LogP contribution in [0.3, 0.4) is 0 Å². The molecule has 2 aromatic carbocycles. The van der Waals surface area contributed by atoms with E-state index in [1.807, 2.05) is 0 Å². The van der Waals surface area contributed by atoms with Crippen LogP contribution in [0.4, 0.5) is 14.7 Å². The molecule has 1 amide bonds. The predicted molar refractivity (Wildman–Crippen MR) is 87.4 cm³/mol. The number of H-pyrrole nitrogens is 1. The molecule has 0 saturated heterocycles. The zero-order valence-corrected chi connectivity index (χ0v) is 13.0. The van der Waals surface area contributed by atoms with E-state index in [2.05, 4.69) is 15.3 Å². The highest BCUT2D eigenvalue weighted by Gasteiger charge is 2.72. The van der Waals surface area contributed by atoms with E-state index >= 15 is 0 Å². The van der Waals surface area contributed by atoms with Gasteiger partial charge < -0.3 is 4.98 Å². The van der Waals surface area contributed by atoms with Crippen LogP contribution in [0.15, 0.2) is 48.5 Å². The third kappa shape index (κ3) is 2.43. The summed E-state index contributed by atoms with van der Waals surface area (Å²) in [5, 5.41) is 2.94. The second-order valence-corrected chi connectivity index (χ2v) is 6.21. The van der Waals surface area contributed by atoms with Crippen LogP contribution in [0, 0.1) is 5.92 Å². The maximum Gasteiger partial charge on any atom is 0.268 e. The second kappa shape index (κ2) is 5.27. The Morgan fingerprint density at radius 2 is 1.96 bits per heavy atom. The van der Waals surface area contributed by atoms with Gasteiger partial charge in [0.05, 0.1) is 17.0 Å². The Balaban J connectivity index is 1.55. The number of rotatable bonds is 3. The fourth-order valence-corrected chi connectivity index (χ4v) is 3.13. The van der Waals surface area contributed by atoms with Gasteiger partial charge in [0, 0.05) is 5.02 Å². The summed E-state index contributed by atoms with van der Waals surface area (Å²) in [4.78, 5) is 19.3. The maximum atomic E-state index is 14.0. The van der Waals surface area contributed by atoms with E-state index in [-0.39, 0.29) is 5.95 Å². The van der Waals surface area contributed by atoms with E-state index in [0.29, 0.717) is 21.6 Å². The molecule has 4 rings (SSSR count). The van der Waals surface area contributed by atoms with Crippen molar-refractivity contribution in [3.63, 3.8) is 0 Å². The molecule has 1 heterocycles. The van der Waals surface area contributed by atoms with Crippen LogP contribution in [0.2, 0.25) is 5.02 Å². The SMILES string of the molecule is O=C(Nc1nc2cc(Cl)ccc2[nH]1)C1C(c2ccccc2)C1(F)F. The first-order chi connectivity index (χ1) is 11.5. The van der Waals surface area contributed by atoms with Gasteiger partial charge in [-0.2, -0.15) is 0 Å². The number of alkyl halides is 2. The van der Waals surface area contributed by atoms with Gasteiger partial charge in [-0.15, -0.1) is 0 Å². The second-order valence-electron chi connectivity index (χ2n) is 5.78. The number of benzene rings is 2. The molecule has 1 aliphatic carbocycles. The fourth-order valence-electron chi connectivity index (χ4n) is 2.96. The lowest BCUT2D eigenvalue weighted by atomic mass is 10.1. The van der Waals surface area contributed by atoms with Crippen molar-refractivity contribution in [2.24, 2.45) is 5.92 Å². The Morgan fingerprint density at radius 1 is 1.21 bits per heavy atom. The molecule has 1 saturated carbocycles. The molecular formula is C17H12ClF2N3O. The molecule has 7 heteroatoms. The van der Waals surface area contributed by atoms with Crippen molar-refractivity contribution in [1.29, 1.82) is 0 Å². The van der Waals surface area contributed by atoms with E-state index < -0.39 is 23.7 Å². The average Bonchev–Trinajstić information content (AvgIpc) is 2.92. The van der Waals surface area contributed by atoms with E-state index in [4.69, 9.17) is 11.6 Å². The van der Waals surface area contributed by atoms with Crippen LogP contribution in [-0.2, 0) is 4.79 Å². The molecule has 3 aromatic rings. The standard InChI is InChI=1S/C17H12ClF2N3O/c18-10-6-7-11-12(8-10)22-16(21-11)23-15(24)14-13(17(14,19)20)9-4-2-1-3-5-9/h1-8,13-14H,(H2,21,22,23,24). The summed E-state index contributed by atoms with van der Waals surface area (Å²) >= 11 is 5.88. The molecule has 4 nitrogen and oxygen atoms in total. The normalized spacial score (nSPS) is 21.6. The van der Waals surface area contributed by atoms with Crippen molar-refractivity contribution >= 4 is 34.5 Å². The molecule has 2 N–H and O–H groups in total. The highest BCUT2D eigenvalue weighted by Crippen LogP contribution is 2.61. The lowest BCUT2D eigenvalue weighted by Gasteiger charge is -2.00. The number of hydrogen-bond acceptors (Lipinski definition) is 2. The third-order valence-electron chi connectivity index (χ3n) is 4.18. The summed E-state index contributed by atoms with van der Waals surface area (Å²) in [5.41, 5.74) is 1.68. The van der Waals surface area contributed by atoms with Crippen molar-refractivity contribution in [2.45, 2.75) is 11.8 Å². The van der Waals surface area contributed by atoms with Gasteiger partial charge in [0.1, 0.15) is 5.92 Å². The number of carbonyl (C=O) groups excluding carboxylic acids is 1. The van der Waals surface area contributed by atoms with Gasteiger partial charge in [-0.3, -0.25) is 10.1 Å². The van der Waals surface area contributed by atoms with Crippen LogP contribution in [-0.4, -0.2) is 21.8 Å². The zero-order valence-electron chi connectivity index (χ0n) is 12.3. The molecule has 2 atom stereocenters. The summed E-state index contributed by atoms with van der Waals surface area (Å²) in [7, 11) is 0. The van der Waals surface area contributed by atoms with Crippen LogP contribution >= 0.6 is 11.6 Å². The zero-order chi connectivity index (χ0) is 16.9. The van der Waals surface area contributed by atoms with Gasteiger partial charge in [0.25, 0.3) is 5.92 Å². The largest absolute Gasteiger partial charge is 0.324 e. The summed E-state index contributed by atoms with van der Waals surface area (Å²) in [6.07, 6.45) is 0. The number of halogens is 3. The first-order valence-corrected chi connectivity index (χ1v) is 7.73. The molecule has 0 radical (unpaired) electrons. The highest BCUT2D eigenvalue weighted by molar-refractivity contribution is 6.31. The van der Waals surface area contributed by atoms with E-state index in [1.54, 1.807) is 48.5 Å². The van der Waals surface area contributed by atoms with Crippen LogP contribution in [0.25, 0.3) is 11.0 Å². The van der Waals surface area contributed by atoms with Gasteiger partial charge in [-0.25, -0.2) is 13.8 Å². The maximum absolute atomic E-state index is 14.0. The minimum absolute atomic E-state index is 0.131. The van der Waals surface area contributed by atoms with Gasteiger partial charge in [0.2, 0.25) is 11.9 Å². The highest BCUT2D eigenvalue weighted by atomic mass is 35.5. The summed E-state index contributed by atoms with van der Waals surface area (Å²) in [5.74, 6) is -6.17. The smallest absolute Gasteiger partial charge is 0.268 e. The Morgan fingerprint density at radius 3 is 2.71 bits per heavy atom. The van der Waals surface area contributed by atoms with Gasteiger partial charge in [-0.05, 0) is 23.8 Å². The quantitative estimate of drug-likeness (QED) is 0.746. The van der Waals surface area contributed by atoms with Crippen LogP contribution in [0.1, 0.15) is 11.5 Å². The van der Waals surface area contributed by atoms with Crippen molar-refractivity contribution in [1.82, 2.24) is 9.97 Å². The first kappa shape index (κ1) is 15.1. The van der Waals surface area contributed by atoms with E-state index in [0.717, 1.165) is 0 Å². The number of fused-ring (bicyclic) bond motifs is 1. The monoisotopic (exact) mass is 347 g/mol. The Labute approximate surface area is 140 Å². The van der Waals surface area contributed by atoms with Gasteiger partial charge in [-0.1, -0.05) is 41.9 Å². The molecule has 122 valence electrons. The molecule has 1 fully saturated rings. The molecule has 0 aliphatic heterocycles. The van der Waals surface area contributed by atoms with Crippen molar-refractivity contribution < 1.29 is 13.6 Å². The number of nitrogens with one attached hydrogen (secondary N) is 2. The number of carbonyl (C=O) groups is 1. The minimum Gasteiger partial charge on any atom is -0.324 e. The van der Waals surface area contributed by atoms with Crippen LogP contribution in [0.5, 0.6) is 0 Å². The summed E-state index contributed by atoms with van der Waals surface area (Å²) in [6, 6.07) is 13.3. The topological polar surface area (TPSA) is 57.8 Å². The van der Waals surface area contributed by atoms with E-state index in [9.17, 15) is 13.6 Å². The predicted octanol–water partition coefficient (Wildman–Crippen LogP) is 4.20. The lowest BCUT2D eigenvalue weighted by molar-refractivity contribution is -0.119. The molecule has 0 spiro atoms. The van der Waals surface area contributed by atoms with Crippen LogP contribution < -0.4 is 5.32 Å². The molecule has 2 unspecified atom stereocenters. The van der Waals surface area contributed by atoms with Crippen molar-refractivity contribution in [3.05, 3.63) is 59.1 Å². The van der Waals surface area contributed by atoms with E-state index in [1.165, 1.54) is 0 Å². The third-order valence-corrected chi connectivity index (χ3v) is 4.42. The molecule has 1 aliphatic rings. The van der Waals surface area contributed by atoms with Gasteiger partial charge in [0.15, 0.2) is 0 Å². The summed E-state index contributed by atoms with van der Waals surface area (Å²) in [6.45, 7) is 0. The number of amides is 1. The molecular weight excluding hydrogens is 336 g/mol.